The van der Waals surface area contributed by atoms with Gasteiger partial charge in [-0.2, -0.15) is 0 Å². The number of rotatable bonds is 5. The second-order valence-corrected chi connectivity index (χ2v) is 4.60. The molecule has 1 aliphatic heterocycles. The molecule has 1 saturated heterocycles. The standard InChI is InChI=1S/C14H19NO3/c1-18-13-6-4-11(5-7-13)14(17)9-15-8-2-3-12(15)10-16/h4-7,12,16H,2-3,8-10H2,1H3. The summed E-state index contributed by atoms with van der Waals surface area (Å²) in [5.74, 6) is 0.846. The van der Waals surface area contributed by atoms with Crippen molar-refractivity contribution in [2.45, 2.75) is 18.9 Å². The Kier molecular flexibility index (Phi) is 4.33. The van der Waals surface area contributed by atoms with Gasteiger partial charge in [-0.1, -0.05) is 0 Å². The van der Waals surface area contributed by atoms with E-state index in [1.54, 1.807) is 31.4 Å². The number of methoxy groups -OCH3 is 1. The Morgan fingerprint density at radius 3 is 2.78 bits per heavy atom. The number of hydrogen-bond donors (Lipinski definition) is 1. The molecule has 2 rings (SSSR count). The minimum Gasteiger partial charge on any atom is -0.497 e. The van der Waals surface area contributed by atoms with Gasteiger partial charge in [0.05, 0.1) is 20.3 Å². The fourth-order valence-corrected chi connectivity index (χ4v) is 2.36. The molecule has 4 nitrogen and oxygen atoms in total. The number of aliphatic hydroxyl groups excluding tert-OH is 1. The lowest BCUT2D eigenvalue weighted by Crippen LogP contribution is -2.36. The van der Waals surface area contributed by atoms with Crippen LogP contribution in [-0.2, 0) is 0 Å². The Labute approximate surface area is 107 Å². The van der Waals surface area contributed by atoms with Gasteiger partial charge in [-0.15, -0.1) is 0 Å². The van der Waals surface area contributed by atoms with Crippen LogP contribution in [0.25, 0.3) is 0 Å². The molecule has 1 fully saturated rings. The zero-order chi connectivity index (χ0) is 13.0. The highest BCUT2D eigenvalue weighted by molar-refractivity contribution is 5.97. The predicted molar refractivity (Wildman–Crippen MR) is 69.0 cm³/mol. The molecule has 98 valence electrons. The molecule has 1 aliphatic rings. The maximum Gasteiger partial charge on any atom is 0.176 e. The number of likely N-dealkylation sites (tertiary alicyclic amines) is 1. The quantitative estimate of drug-likeness (QED) is 0.800. The molecule has 0 spiro atoms. The molecular formula is C14H19NO3. The van der Waals surface area contributed by atoms with Gasteiger partial charge in [-0.3, -0.25) is 9.69 Å². The Hall–Kier alpha value is -1.39. The molecular weight excluding hydrogens is 230 g/mol. The average molecular weight is 249 g/mol. The van der Waals surface area contributed by atoms with Crippen molar-refractivity contribution in [3.8, 4) is 5.75 Å². The summed E-state index contributed by atoms with van der Waals surface area (Å²) >= 11 is 0. The molecule has 0 aromatic heterocycles. The van der Waals surface area contributed by atoms with Gasteiger partial charge in [0, 0.05) is 11.6 Å². The molecule has 1 N–H and O–H groups in total. The van der Waals surface area contributed by atoms with E-state index in [1.807, 2.05) is 0 Å². The van der Waals surface area contributed by atoms with E-state index in [-0.39, 0.29) is 18.4 Å². The summed E-state index contributed by atoms with van der Waals surface area (Å²) in [6.07, 6.45) is 2.04. The predicted octanol–water partition coefficient (Wildman–Crippen LogP) is 1.33. The van der Waals surface area contributed by atoms with Crippen LogP contribution in [-0.4, -0.2) is 48.6 Å². The molecule has 1 unspecified atom stereocenters. The SMILES string of the molecule is COc1ccc(C(=O)CN2CCCC2CO)cc1. The molecule has 1 heterocycles. The molecule has 0 aliphatic carbocycles. The average Bonchev–Trinajstić information content (AvgIpc) is 2.86. The van der Waals surface area contributed by atoms with Crippen molar-refractivity contribution >= 4 is 5.78 Å². The third kappa shape index (κ3) is 2.89. The first-order valence-electron chi connectivity index (χ1n) is 6.26. The van der Waals surface area contributed by atoms with E-state index in [2.05, 4.69) is 4.90 Å². The maximum atomic E-state index is 12.1. The van der Waals surface area contributed by atoms with Crippen molar-refractivity contribution < 1.29 is 14.6 Å². The summed E-state index contributed by atoms with van der Waals surface area (Å²) in [7, 11) is 1.60. The summed E-state index contributed by atoms with van der Waals surface area (Å²) in [5.41, 5.74) is 0.694. The first kappa shape index (κ1) is 13.1. The Morgan fingerprint density at radius 1 is 1.44 bits per heavy atom. The smallest absolute Gasteiger partial charge is 0.176 e. The number of carbonyl (C=O) groups is 1. The highest BCUT2D eigenvalue weighted by atomic mass is 16.5. The monoisotopic (exact) mass is 249 g/mol. The molecule has 0 bridgehead atoms. The van der Waals surface area contributed by atoms with Crippen molar-refractivity contribution in [1.29, 1.82) is 0 Å². The zero-order valence-corrected chi connectivity index (χ0v) is 10.6. The first-order valence-corrected chi connectivity index (χ1v) is 6.26. The van der Waals surface area contributed by atoms with Crippen molar-refractivity contribution in [3.05, 3.63) is 29.8 Å². The van der Waals surface area contributed by atoms with Gasteiger partial charge < -0.3 is 9.84 Å². The number of aliphatic hydroxyl groups is 1. The normalized spacial score (nSPS) is 20.0. The fraction of sp³-hybridized carbons (Fsp3) is 0.500. The maximum absolute atomic E-state index is 12.1. The third-order valence-electron chi connectivity index (χ3n) is 3.47. The van der Waals surface area contributed by atoms with Crippen molar-refractivity contribution in [3.63, 3.8) is 0 Å². The molecule has 0 amide bonds. The number of Topliss-reactive ketones (excluding diaryl/α,β-unsaturated/α-hetero) is 1. The van der Waals surface area contributed by atoms with Crippen molar-refractivity contribution in [2.75, 3.05) is 26.8 Å². The van der Waals surface area contributed by atoms with Crippen LogP contribution >= 0.6 is 0 Å². The van der Waals surface area contributed by atoms with Crippen molar-refractivity contribution in [2.24, 2.45) is 0 Å². The summed E-state index contributed by atoms with van der Waals surface area (Å²) in [6, 6.07) is 7.30. The van der Waals surface area contributed by atoms with Crippen LogP contribution < -0.4 is 4.74 Å². The van der Waals surface area contributed by atoms with E-state index in [1.165, 1.54) is 0 Å². The minimum atomic E-state index is 0.0954. The third-order valence-corrected chi connectivity index (χ3v) is 3.47. The largest absolute Gasteiger partial charge is 0.497 e. The second kappa shape index (κ2) is 5.98. The Morgan fingerprint density at radius 2 is 2.17 bits per heavy atom. The van der Waals surface area contributed by atoms with Crippen LogP contribution in [0.1, 0.15) is 23.2 Å². The van der Waals surface area contributed by atoms with Crippen LogP contribution in [0.2, 0.25) is 0 Å². The number of ketones is 1. The van der Waals surface area contributed by atoms with Crippen LogP contribution in [0.5, 0.6) is 5.75 Å². The molecule has 1 atom stereocenters. The number of nitrogens with zero attached hydrogens (tertiary/aromatic N) is 1. The fourth-order valence-electron chi connectivity index (χ4n) is 2.36. The van der Waals surface area contributed by atoms with Crippen molar-refractivity contribution in [1.82, 2.24) is 4.90 Å². The van der Waals surface area contributed by atoms with Gasteiger partial charge in [0.15, 0.2) is 5.78 Å². The molecule has 1 aromatic carbocycles. The second-order valence-electron chi connectivity index (χ2n) is 4.60. The molecule has 1 aromatic rings. The van der Waals surface area contributed by atoms with Gasteiger partial charge in [0.1, 0.15) is 5.75 Å². The summed E-state index contributed by atoms with van der Waals surface area (Å²) in [6.45, 7) is 1.42. The van der Waals surface area contributed by atoms with E-state index in [4.69, 9.17) is 4.74 Å². The van der Waals surface area contributed by atoms with Crippen LogP contribution in [0.4, 0.5) is 0 Å². The summed E-state index contributed by atoms with van der Waals surface area (Å²) in [4.78, 5) is 14.2. The highest BCUT2D eigenvalue weighted by Crippen LogP contribution is 2.18. The summed E-state index contributed by atoms with van der Waals surface area (Å²) < 4.78 is 5.06. The summed E-state index contributed by atoms with van der Waals surface area (Å²) in [5, 5.41) is 9.22. The van der Waals surface area contributed by atoms with E-state index >= 15 is 0 Å². The number of hydrogen-bond acceptors (Lipinski definition) is 4. The zero-order valence-electron chi connectivity index (χ0n) is 10.6. The van der Waals surface area contributed by atoms with Gasteiger partial charge in [-0.25, -0.2) is 0 Å². The lowest BCUT2D eigenvalue weighted by molar-refractivity contribution is 0.0888. The van der Waals surface area contributed by atoms with Crippen LogP contribution in [0, 0.1) is 0 Å². The van der Waals surface area contributed by atoms with Gasteiger partial charge >= 0.3 is 0 Å². The van der Waals surface area contributed by atoms with E-state index in [0.29, 0.717) is 12.1 Å². The topological polar surface area (TPSA) is 49.8 Å². The minimum absolute atomic E-state index is 0.0954. The van der Waals surface area contributed by atoms with Gasteiger partial charge in [0.25, 0.3) is 0 Å². The lowest BCUT2D eigenvalue weighted by atomic mass is 10.1. The Balaban J connectivity index is 1.98. The highest BCUT2D eigenvalue weighted by Gasteiger charge is 2.25. The molecule has 18 heavy (non-hydrogen) atoms. The number of carbonyl (C=O) groups excluding carboxylic acids is 1. The van der Waals surface area contributed by atoms with Gasteiger partial charge in [0.2, 0.25) is 0 Å². The number of benzene rings is 1. The van der Waals surface area contributed by atoms with E-state index < -0.39 is 0 Å². The molecule has 0 saturated carbocycles. The van der Waals surface area contributed by atoms with Gasteiger partial charge in [-0.05, 0) is 43.7 Å². The molecule has 0 radical (unpaired) electrons. The van der Waals surface area contributed by atoms with Crippen LogP contribution in [0.15, 0.2) is 24.3 Å². The van der Waals surface area contributed by atoms with E-state index in [0.717, 1.165) is 25.1 Å². The van der Waals surface area contributed by atoms with E-state index in [9.17, 15) is 9.90 Å². The number of ether oxygens (including phenoxy) is 1. The molecule has 4 heteroatoms. The lowest BCUT2D eigenvalue weighted by Gasteiger charge is -2.21. The van der Waals surface area contributed by atoms with Crippen LogP contribution in [0.3, 0.4) is 0 Å². The first-order chi connectivity index (χ1) is 8.74. The Bertz CT molecular complexity index is 402.